The Bertz CT molecular complexity index is 522. The van der Waals surface area contributed by atoms with E-state index in [4.69, 9.17) is 4.74 Å². The molecule has 0 aliphatic carbocycles. The Morgan fingerprint density at radius 2 is 2.13 bits per heavy atom. The first kappa shape index (κ1) is 17.5. The number of hydrogen-bond acceptors (Lipinski definition) is 5. The second-order valence-electron chi connectivity index (χ2n) is 7.28. The lowest BCUT2D eigenvalue weighted by Gasteiger charge is -2.21. The van der Waals surface area contributed by atoms with Gasteiger partial charge in [0.2, 0.25) is 0 Å². The summed E-state index contributed by atoms with van der Waals surface area (Å²) >= 11 is 0. The molecule has 0 aromatic carbocycles. The lowest BCUT2D eigenvalue weighted by Crippen LogP contribution is -2.31. The monoisotopic (exact) mass is 320 g/mol. The van der Waals surface area contributed by atoms with Gasteiger partial charge in [0.1, 0.15) is 11.4 Å². The number of aromatic nitrogens is 1. The van der Waals surface area contributed by atoms with Gasteiger partial charge in [-0.25, -0.2) is 9.78 Å². The standard InChI is InChI=1S/C17H28N4O2/c1-12(2)21-9-8-14(11-21)19-13-6-7-15(18-10-13)20-16(22)23-17(3,4)5/h6-7,10,12,14,19H,8-9,11H2,1-5H3,(H,18,20,22). The molecule has 1 atom stereocenters. The number of pyridine rings is 1. The maximum absolute atomic E-state index is 11.7. The fourth-order valence-corrected chi connectivity index (χ4v) is 2.57. The van der Waals surface area contributed by atoms with Crippen LogP contribution >= 0.6 is 0 Å². The molecule has 0 saturated carbocycles. The normalized spacial score (nSPS) is 19.0. The number of amides is 1. The van der Waals surface area contributed by atoms with Gasteiger partial charge < -0.3 is 10.1 Å². The van der Waals surface area contributed by atoms with Crippen LogP contribution in [-0.4, -0.2) is 46.8 Å². The van der Waals surface area contributed by atoms with Crippen molar-refractivity contribution >= 4 is 17.6 Å². The molecule has 0 bridgehead atoms. The van der Waals surface area contributed by atoms with Gasteiger partial charge in [-0.2, -0.15) is 0 Å². The summed E-state index contributed by atoms with van der Waals surface area (Å²) in [4.78, 5) is 18.4. The molecule has 2 heterocycles. The average Bonchev–Trinajstić information content (AvgIpc) is 2.87. The zero-order valence-corrected chi connectivity index (χ0v) is 14.7. The molecule has 0 spiro atoms. The van der Waals surface area contributed by atoms with Crippen LogP contribution in [0.5, 0.6) is 0 Å². The van der Waals surface area contributed by atoms with Crippen molar-refractivity contribution < 1.29 is 9.53 Å². The van der Waals surface area contributed by atoms with E-state index in [0.717, 1.165) is 25.2 Å². The van der Waals surface area contributed by atoms with Crippen molar-refractivity contribution in [3.05, 3.63) is 18.3 Å². The fourth-order valence-electron chi connectivity index (χ4n) is 2.57. The first-order chi connectivity index (χ1) is 10.7. The SMILES string of the molecule is CC(C)N1CCC(Nc2ccc(NC(=O)OC(C)(C)C)nc2)C1. The van der Waals surface area contributed by atoms with Gasteiger partial charge in [0.15, 0.2) is 0 Å². The van der Waals surface area contributed by atoms with Gasteiger partial charge in [0, 0.05) is 25.2 Å². The van der Waals surface area contributed by atoms with E-state index in [-0.39, 0.29) is 0 Å². The molecule has 1 unspecified atom stereocenters. The quantitative estimate of drug-likeness (QED) is 0.891. The van der Waals surface area contributed by atoms with Crippen molar-refractivity contribution in [1.29, 1.82) is 0 Å². The Balaban J connectivity index is 1.84. The van der Waals surface area contributed by atoms with Crippen molar-refractivity contribution in [2.45, 2.75) is 58.7 Å². The predicted molar refractivity (Wildman–Crippen MR) is 92.8 cm³/mol. The number of anilines is 2. The number of ether oxygens (including phenoxy) is 1. The van der Waals surface area contributed by atoms with Gasteiger partial charge >= 0.3 is 6.09 Å². The van der Waals surface area contributed by atoms with Gasteiger partial charge in [-0.1, -0.05) is 0 Å². The first-order valence-electron chi connectivity index (χ1n) is 8.19. The Morgan fingerprint density at radius 1 is 1.39 bits per heavy atom. The maximum Gasteiger partial charge on any atom is 0.413 e. The highest BCUT2D eigenvalue weighted by atomic mass is 16.6. The van der Waals surface area contributed by atoms with Crippen LogP contribution in [0.25, 0.3) is 0 Å². The summed E-state index contributed by atoms with van der Waals surface area (Å²) in [7, 11) is 0. The highest BCUT2D eigenvalue weighted by molar-refractivity contribution is 5.83. The van der Waals surface area contributed by atoms with E-state index in [1.54, 1.807) is 12.3 Å². The van der Waals surface area contributed by atoms with E-state index in [0.29, 0.717) is 17.9 Å². The number of nitrogens with one attached hydrogen (secondary N) is 2. The van der Waals surface area contributed by atoms with Crippen molar-refractivity contribution in [3.63, 3.8) is 0 Å². The van der Waals surface area contributed by atoms with Crippen LogP contribution in [0, 0.1) is 0 Å². The van der Waals surface area contributed by atoms with Gasteiger partial charge in [0.05, 0.1) is 11.9 Å². The molecule has 1 aliphatic rings. The van der Waals surface area contributed by atoms with Gasteiger partial charge in [-0.3, -0.25) is 10.2 Å². The molecule has 2 N–H and O–H groups in total. The summed E-state index contributed by atoms with van der Waals surface area (Å²) in [6, 6.07) is 4.74. The van der Waals surface area contributed by atoms with E-state index in [9.17, 15) is 4.79 Å². The highest BCUT2D eigenvalue weighted by Crippen LogP contribution is 2.18. The third-order valence-electron chi connectivity index (χ3n) is 3.71. The van der Waals surface area contributed by atoms with Crippen LogP contribution in [0.15, 0.2) is 18.3 Å². The molecule has 1 aliphatic heterocycles. The molecule has 23 heavy (non-hydrogen) atoms. The predicted octanol–water partition coefficient (Wildman–Crippen LogP) is 3.32. The van der Waals surface area contributed by atoms with Crippen LogP contribution in [0.4, 0.5) is 16.3 Å². The minimum atomic E-state index is -0.518. The number of likely N-dealkylation sites (tertiary alicyclic amines) is 1. The molecule has 128 valence electrons. The molecule has 1 aromatic rings. The van der Waals surface area contributed by atoms with Crippen molar-refractivity contribution in [2.75, 3.05) is 23.7 Å². The topological polar surface area (TPSA) is 66.5 Å². The third-order valence-corrected chi connectivity index (χ3v) is 3.71. The Hall–Kier alpha value is -1.82. The van der Waals surface area contributed by atoms with Crippen LogP contribution in [0.2, 0.25) is 0 Å². The van der Waals surface area contributed by atoms with Crippen molar-refractivity contribution in [1.82, 2.24) is 9.88 Å². The molecule has 1 aromatic heterocycles. The summed E-state index contributed by atoms with van der Waals surface area (Å²) < 4.78 is 5.20. The van der Waals surface area contributed by atoms with Crippen LogP contribution in [0.3, 0.4) is 0 Å². The van der Waals surface area contributed by atoms with E-state index >= 15 is 0 Å². The highest BCUT2D eigenvalue weighted by Gasteiger charge is 2.24. The van der Waals surface area contributed by atoms with E-state index in [1.165, 1.54) is 0 Å². The molecule has 1 fully saturated rings. The number of carbonyl (C=O) groups is 1. The summed E-state index contributed by atoms with van der Waals surface area (Å²) in [6.45, 7) is 12.1. The molecule has 1 saturated heterocycles. The lowest BCUT2D eigenvalue weighted by molar-refractivity contribution is 0.0635. The maximum atomic E-state index is 11.7. The van der Waals surface area contributed by atoms with Gasteiger partial charge in [-0.15, -0.1) is 0 Å². The Labute approximate surface area is 138 Å². The summed E-state index contributed by atoms with van der Waals surface area (Å²) in [5.74, 6) is 0.486. The number of hydrogen-bond donors (Lipinski definition) is 2. The van der Waals surface area contributed by atoms with Gasteiger partial charge in [-0.05, 0) is 53.2 Å². The number of nitrogens with zero attached hydrogens (tertiary/aromatic N) is 2. The fraction of sp³-hybridized carbons (Fsp3) is 0.647. The lowest BCUT2D eigenvalue weighted by atomic mass is 10.2. The van der Waals surface area contributed by atoms with E-state index < -0.39 is 11.7 Å². The zero-order chi connectivity index (χ0) is 17.0. The summed E-state index contributed by atoms with van der Waals surface area (Å²) in [5, 5.41) is 6.13. The van der Waals surface area contributed by atoms with Crippen LogP contribution in [0.1, 0.15) is 41.0 Å². The molecule has 6 heteroatoms. The molecular weight excluding hydrogens is 292 g/mol. The molecule has 1 amide bonds. The van der Waals surface area contributed by atoms with Gasteiger partial charge in [0.25, 0.3) is 0 Å². The Kier molecular flexibility index (Phi) is 5.46. The van der Waals surface area contributed by atoms with Crippen LogP contribution in [-0.2, 0) is 4.74 Å². The molecule has 2 rings (SSSR count). The Morgan fingerprint density at radius 3 is 2.65 bits per heavy atom. The summed E-state index contributed by atoms with van der Waals surface area (Å²) in [5.41, 5.74) is 0.450. The molecular formula is C17H28N4O2. The molecule has 0 radical (unpaired) electrons. The second kappa shape index (κ2) is 7.17. The van der Waals surface area contributed by atoms with Crippen LogP contribution < -0.4 is 10.6 Å². The minimum absolute atomic E-state index is 0.448. The molecule has 6 nitrogen and oxygen atoms in total. The first-order valence-corrected chi connectivity index (χ1v) is 8.19. The number of rotatable bonds is 4. The van der Waals surface area contributed by atoms with E-state index in [1.807, 2.05) is 26.8 Å². The number of carbonyl (C=O) groups excluding carboxylic acids is 1. The van der Waals surface area contributed by atoms with E-state index in [2.05, 4.69) is 34.4 Å². The minimum Gasteiger partial charge on any atom is -0.444 e. The average molecular weight is 320 g/mol. The van der Waals surface area contributed by atoms with Crippen molar-refractivity contribution in [3.8, 4) is 0 Å². The second-order valence-corrected chi connectivity index (χ2v) is 7.28. The zero-order valence-electron chi connectivity index (χ0n) is 14.7. The third kappa shape index (κ3) is 5.71. The smallest absolute Gasteiger partial charge is 0.413 e. The summed E-state index contributed by atoms with van der Waals surface area (Å²) in [6.07, 6.45) is 2.38. The largest absolute Gasteiger partial charge is 0.444 e. The van der Waals surface area contributed by atoms with Crippen molar-refractivity contribution in [2.24, 2.45) is 0 Å².